The second kappa shape index (κ2) is 9.71. The van der Waals surface area contributed by atoms with Crippen molar-refractivity contribution in [2.24, 2.45) is 5.10 Å². The fourth-order valence-electron chi connectivity index (χ4n) is 2.56. The summed E-state index contributed by atoms with van der Waals surface area (Å²) in [5.74, 6) is 0.786. The summed E-state index contributed by atoms with van der Waals surface area (Å²) in [5, 5.41) is 8.34. The van der Waals surface area contributed by atoms with Crippen LogP contribution in [0.15, 0.2) is 62.7 Å². The highest BCUT2D eigenvalue weighted by Gasteiger charge is 2.15. The molecule has 7 nitrogen and oxygen atoms in total. The number of carbonyl (C=O) groups excluding carboxylic acids is 1. The zero-order valence-electron chi connectivity index (χ0n) is 15.7. The number of hydrogen-bond acceptors (Lipinski definition) is 5. The zero-order valence-corrected chi connectivity index (χ0v) is 18.9. The monoisotopic (exact) mass is 520 g/mol. The van der Waals surface area contributed by atoms with Crippen LogP contribution in [0, 0.1) is 0 Å². The van der Waals surface area contributed by atoms with E-state index in [-0.39, 0.29) is 5.69 Å². The predicted molar refractivity (Wildman–Crippen MR) is 118 cm³/mol. The molecule has 0 fully saturated rings. The summed E-state index contributed by atoms with van der Waals surface area (Å²) in [6.45, 7) is 0.550. The average molecular weight is 522 g/mol. The van der Waals surface area contributed by atoms with Gasteiger partial charge < -0.3 is 9.47 Å². The molecule has 2 aromatic carbocycles. The first kappa shape index (κ1) is 21.1. The van der Waals surface area contributed by atoms with Crippen molar-refractivity contribution in [3.8, 4) is 11.5 Å². The van der Waals surface area contributed by atoms with Gasteiger partial charge in [-0.25, -0.2) is 5.43 Å². The number of benzene rings is 2. The van der Waals surface area contributed by atoms with Crippen molar-refractivity contribution in [3.63, 3.8) is 0 Å². The number of ether oxygens (including phenoxy) is 2. The van der Waals surface area contributed by atoms with Crippen molar-refractivity contribution in [2.75, 3.05) is 14.2 Å². The van der Waals surface area contributed by atoms with Gasteiger partial charge in [-0.2, -0.15) is 10.2 Å². The van der Waals surface area contributed by atoms with E-state index in [1.165, 1.54) is 6.21 Å². The van der Waals surface area contributed by atoms with Gasteiger partial charge in [0, 0.05) is 10.7 Å². The highest BCUT2D eigenvalue weighted by atomic mass is 79.9. The lowest BCUT2D eigenvalue weighted by molar-refractivity contribution is 0.0948. The smallest absolute Gasteiger partial charge is 0.293 e. The molecule has 0 aliphatic rings. The van der Waals surface area contributed by atoms with Crippen molar-refractivity contribution in [1.82, 2.24) is 15.2 Å². The quantitative estimate of drug-likeness (QED) is 0.372. The maximum absolute atomic E-state index is 12.4. The summed E-state index contributed by atoms with van der Waals surface area (Å²) >= 11 is 6.79. The molecule has 29 heavy (non-hydrogen) atoms. The number of methoxy groups -OCH3 is 2. The molecule has 0 aliphatic heterocycles. The molecule has 0 atom stereocenters. The third-order valence-electron chi connectivity index (χ3n) is 3.98. The van der Waals surface area contributed by atoms with E-state index in [4.69, 9.17) is 9.47 Å². The van der Waals surface area contributed by atoms with Crippen LogP contribution in [0.2, 0.25) is 0 Å². The number of nitrogens with zero attached hydrogens (tertiary/aromatic N) is 3. The van der Waals surface area contributed by atoms with Crippen molar-refractivity contribution in [3.05, 3.63) is 74.4 Å². The van der Waals surface area contributed by atoms with Gasteiger partial charge in [0.25, 0.3) is 5.91 Å². The Balaban J connectivity index is 1.65. The van der Waals surface area contributed by atoms with E-state index in [0.717, 1.165) is 15.6 Å². The van der Waals surface area contributed by atoms with Crippen LogP contribution in [0.25, 0.3) is 0 Å². The summed E-state index contributed by atoms with van der Waals surface area (Å²) in [6, 6.07) is 13.2. The molecule has 3 rings (SSSR count). The van der Waals surface area contributed by atoms with Gasteiger partial charge in [0.05, 0.1) is 31.5 Å². The zero-order chi connectivity index (χ0) is 20.8. The summed E-state index contributed by atoms with van der Waals surface area (Å²) in [7, 11) is 3.13. The van der Waals surface area contributed by atoms with E-state index >= 15 is 0 Å². The molecule has 3 aromatic rings. The van der Waals surface area contributed by atoms with Gasteiger partial charge in [0.2, 0.25) is 0 Å². The van der Waals surface area contributed by atoms with Crippen molar-refractivity contribution in [2.45, 2.75) is 6.54 Å². The van der Waals surface area contributed by atoms with Crippen LogP contribution in [-0.2, 0) is 6.54 Å². The number of hydrazone groups is 1. The Hall–Kier alpha value is -2.65. The number of nitrogens with one attached hydrogen (secondary N) is 1. The van der Waals surface area contributed by atoms with Crippen LogP contribution in [0.1, 0.15) is 21.6 Å². The van der Waals surface area contributed by atoms with Gasteiger partial charge in [-0.15, -0.1) is 0 Å². The number of halogens is 2. The molecule has 1 aromatic heterocycles. The molecule has 0 spiro atoms. The van der Waals surface area contributed by atoms with Crippen LogP contribution in [0.4, 0.5) is 0 Å². The van der Waals surface area contributed by atoms with E-state index in [0.29, 0.717) is 22.5 Å². The fraction of sp³-hybridized carbons (Fsp3) is 0.150. The number of hydrogen-bond donors (Lipinski definition) is 1. The summed E-state index contributed by atoms with van der Waals surface area (Å²) < 4.78 is 13.7. The molecule has 1 amide bonds. The third-order valence-corrected chi connectivity index (χ3v) is 5.09. The minimum atomic E-state index is -0.414. The van der Waals surface area contributed by atoms with Gasteiger partial charge in [-0.1, -0.05) is 28.1 Å². The van der Waals surface area contributed by atoms with E-state index in [9.17, 15) is 4.79 Å². The Kier molecular flexibility index (Phi) is 7.05. The van der Waals surface area contributed by atoms with Crippen LogP contribution < -0.4 is 14.9 Å². The fourth-order valence-corrected chi connectivity index (χ4v) is 3.32. The predicted octanol–water partition coefficient (Wildman–Crippen LogP) is 4.24. The highest BCUT2D eigenvalue weighted by molar-refractivity contribution is 9.10. The Bertz CT molecular complexity index is 1030. The van der Waals surface area contributed by atoms with Crippen molar-refractivity contribution >= 4 is 44.0 Å². The van der Waals surface area contributed by atoms with Gasteiger partial charge in [0.15, 0.2) is 17.2 Å². The van der Waals surface area contributed by atoms with Crippen LogP contribution >= 0.6 is 31.9 Å². The molecule has 0 aliphatic carbocycles. The lowest BCUT2D eigenvalue weighted by atomic mass is 10.2. The molecule has 0 bridgehead atoms. The first-order valence-corrected chi connectivity index (χ1v) is 10.1. The topological polar surface area (TPSA) is 77.7 Å². The lowest BCUT2D eigenvalue weighted by Gasteiger charge is -2.07. The molecule has 0 radical (unpaired) electrons. The van der Waals surface area contributed by atoms with Crippen LogP contribution in [0.5, 0.6) is 11.5 Å². The third kappa shape index (κ3) is 5.45. The van der Waals surface area contributed by atoms with E-state index < -0.39 is 5.91 Å². The molecular formula is C20H18Br2N4O3. The van der Waals surface area contributed by atoms with E-state index in [1.807, 2.05) is 24.3 Å². The molecule has 9 heteroatoms. The van der Waals surface area contributed by atoms with Gasteiger partial charge >= 0.3 is 0 Å². The molecular weight excluding hydrogens is 504 g/mol. The maximum atomic E-state index is 12.4. The number of amides is 1. The maximum Gasteiger partial charge on any atom is 0.293 e. The van der Waals surface area contributed by atoms with E-state index in [2.05, 4.69) is 47.5 Å². The van der Waals surface area contributed by atoms with Crippen LogP contribution in [0.3, 0.4) is 0 Å². The molecule has 0 saturated carbocycles. The Morgan fingerprint density at radius 3 is 2.55 bits per heavy atom. The second-order valence-corrected chi connectivity index (χ2v) is 7.73. The summed E-state index contributed by atoms with van der Waals surface area (Å²) in [5.41, 5.74) is 4.57. The van der Waals surface area contributed by atoms with E-state index in [1.54, 1.807) is 43.3 Å². The minimum Gasteiger partial charge on any atom is -0.493 e. The normalized spacial score (nSPS) is 10.9. The SMILES string of the molecule is COc1ccc(/C=N\NC(=O)c2nn(Cc3ccc(Br)cc3)cc2Br)cc1OC. The highest BCUT2D eigenvalue weighted by Crippen LogP contribution is 2.26. The second-order valence-electron chi connectivity index (χ2n) is 5.96. The first-order chi connectivity index (χ1) is 14.0. The minimum absolute atomic E-state index is 0.256. The number of aromatic nitrogens is 2. The average Bonchev–Trinajstić information content (AvgIpc) is 3.09. The van der Waals surface area contributed by atoms with Crippen LogP contribution in [-0.4, -0.2) is 36.1 Å². The summed E-state index contributed by atoms with van der Waals surface area (Å²) in [4.78, 5) is 12.4. The Labute approximate surface area is 185 Å². The van der Waals surface area contributed by atoms with Gasteiger partial charge in [0.1, 0.15) is 0 Å². The first-order valence-electron chi connectivity index (χ1n) is 8.53. The number of rotatable bonds is 7. The molecule has 0 unspecified atom stereocenters. The molecule has 150 valence electrons. The van der Waals surface area contributed by atoms with Crippen molar-refractivity contribution in [1.29, 1.82) is 0 Å². The van der Waals surface area contributed by atoms with Crippen molar-refractivity contribution < 1.29 is 14.3 Å². The Morgan fingerprint density at radius 1 is 1.14 bits per heavy atom. The summed E-state index contributed by atoms with van der Waals surface area (Å²) in [6.07, 6.45) is 3.28. The van der Waals surface area contributed by atoms with Gasteiger partial charge in [-0.3, -0.25) is 9.48 Å². The molecule has 0 saturated heterocycles. The lowest BCUT2D eigenvalue weighted by Crippen LogP contribution is -2.19. The van der Waals surface area contributed by atoms with Gasteiger partial charge in [-0.05, 0) is 57.4 Å². The molecule has 1 heterocycles. The largest absolute Gasteiger partial charge is 0.493 e. The standard InChI is InChI=1S/C20H18Br2N4O3/c1-28-17-8-5-14(9-18(17)29-2)10-23-24-20(27)19-16(22)12-26(25-19)11-13-3-6-15(21)7-4-13/h3-10,12H,11H2,1-2H3,(H,24,27)/b23-10-. The molecule has 1 N–H and O–H groups in total. The Morgan fingerprint density at radius 2 is 1.86 bits per heavy atom. The number of carbonyl (C=O) groups is 1.